The maximum atomic E-state index is 12.7. The molecule has 0 spiro atoms. The molecule has 0 aromatic carbocycles. The van der Waals surface area contributed by atoms with Gasteiger partial charge in [-0.15, -0.1) is 0 Å². The van der Waals surface area contributed by atoms with Gasteiger partial charge in [0.25, 0.3) is 0 Å². The third-order valence-corrected chi connectivity index (χ3v) is 6.14. The molecule has 3 nitrogen and oxygen atoms in total. The van der Waals surface area contributed by atoms with E-state index in [2.05, 4.69) is 5.10 Å². The lowest BCUT2D eigenvalue weighted by Crippen LogP contribution is -2.47. The lowest BCUT2D eigenvalue weighted by molar-refractivity contribution is -0.0525. The number of aryl methyl sites for hydroxylation is 1. The molecule has 1 heterocycles. The second-order valence-electron chi connectivity index (χ2n) is 7.48. The van der Waals surface area contributed by atoms with Gasteiger partial charge in [0.2, 0.25) is 0 Å². The highest BCUT2D eigenvalue weighted by molar-refractivity contribution is 6.33. The van der Waals surface area contributed by atoms with Crippen LogP contribution in [0.25, 0.3) is 0 Å². The number of rotatable bonds is 3. The molecule has 0 atom stereocenters. The van der Waals surface area contributed by atoms with Crippen molar-refractivity contribution in [3.05, 3.63) is 16.9 Å². The average Bonchev–Trinajstić information content (AvgIpc) is 2.66. The van der Waals surface area contributed by atoms with Gasteiger partial charge in [-0.25, -0.2) is 0 Å². The minimum Gasteiger partial charge on any atom is -0.292 e. The van der Waals surface area contributed by atoms with Crippen molar-refractivity contribution in [3.63, 3.8) is 0 Å². The Balaban J connectivity index is 1.58. The van der Waals surface area contributed by atoms with Crippen LogP contribution in [0.4, 0.5) is 0 Å². The van der Waals surface area contributed by atoms with Gasteiger partial charge in [0, 0.05) is 13.5 Å². The van der Waals surface area contributed by atoms with Crippen LogP contribution >= 0.6 is 11.6 Å². The molecule has 0 saturated heterocycles. The second kappa shape index (κ2) is 4.33. The van der Waals surface area contributed by atoms with Crippen molar-refractivity contribution >= 4 is 17.4 Å². The molecule has 4 fully saturated rings. The van der Waals surface area contributed by atoms with Crippen LogP contribution in [0, 0.1) is 23.2 Å². The van der Waals surface area contributed by atoms with E-state index < -0.39 is 0 Å². The first-order valence-corrected chi connectivity index (χ1v) is 8.13. The standard InChI is InChI=1S/C16H21ClN2O/c1-19-15(13(17)9-18-19)14(20)8-16-5-10-2-11(6-16)4-12(3-10)7-16/h9-12H,2-8H2,1H3. The number of nitrogens with zero attached hydrogens (tertiary/aromatic N) is 2. The third-order valence-electron chi connectivity index (χ3n) is 5.86. The summed E-state index contributed by atoms with van der Waals surface area (Å²) in [5.74, 6) is 2.85. The van der Waals surface area contributed by atoms with Crippen LogP contribution in [0.5, 0.6) is 0 Å². The van der Waals surface area contributed by atoms with Crippen molar-refractivity contribution in [3.8, 4) is 0 Å². The highest BCUT2D eigenvalue weighted by Crippen LogP contribution is 2.61. The first kappa shape index (κ1) is 12.9. The maximum Gasteiger partial charge on any atom is 0.182 e. The second-order valence-corrected chi connectivity index (χ2v) is 7.89. The fourth-order valence-electron chi connectivity index (χ4n) is 5.66. The number of carbonyl (C=O) groups excluding carboxylic acids is 1. The predicted octanol–water partition coefficient (Wildman–Crippen LogP) is 3.86. The molecule has 4 heteroatoms. The maximum absolute atomic E-state index is 12.7. The molecule has 20 heavy (non-hydrogen) atoms. The van der Waals surface area contributed by atoms with E-state index in [1.807, 2.05) is 0 Å². The largest absolute Gasteiger partial charge is 0.292 e. The third kappa shape index (κ3) is 1.93. The van der Waals surface area contributed by atoms with Crippen LogP contribution < -0.4 is 0 Å². The van der Waals surface area contributed by atoms with Crippen LogP contribution in [0.1, 0.15) is 55.4 Å². The average molecular weight is 293 g/mol. The SMILES string of the molecule is Cn1ncc(Cl)c1C(=O)CC12CC3CC(CC(C3)C1)C2. The Bertz CT molecular complexity index is 508. The summed E-state index contributed by atoms with van der Waals surface area (Å²) in [5.41, 5.74) is 0.877. The van der Waals surface area contributed by atoms with Crippen LogP contribution in [-0.2, 0) is 7.05 Å². The lowest BCUT2D eigenvalue weighted by atomic mass is 9.48. The molecular weight excluding hydrogens is 272 g/mol. The molecule has 0 radical (unpaired) electrons. The highest BCUT2D eigenvalue weighted by Gasteiger charge is 2.51. The van der Waals surface area contributed by atoms with Gasteiger partial charge in [0.05, 0.1) is 11.2 Å². The van der Waals surface area contributed by atoms with Crippen molar-refractivity contribution < 1.29 is 4.79 Å². The van der Waals surface area contributed by atoms with Crippen molar-refractivity contribution in [1.82, 2.24) is 9.78 Å². The summed E-state index contributed by atoms with van der Waals surface area (Å²) >= 11 is 6.12. The van der Waals surface area contributed by atoms with E-state index >= 15 is 0 Å². The monoisotopic (exact) mass is 292 g/mol. The van der Waals surface area contributed by atoms with Gasteiger partial charge in [-0.2, -0.15) is 5.10 Å². The Morgan fingerprint density at radius 1 is 1.30 bits per heavy atom. The van der Waals surface area contributed by atoms with Gasteiger partial charge in [-0.3, -0.25) is 9.48 Å². The fourth-order valence-corrected chi connectivity index (χ4v) is 5.93. The molecule has 4 saturated carbocycles. The summed E-state index contributed by atoms with van der Waals surface area (Å²) in [5, 5.41) is 4.60. The van der Waals surface area contributed by atoms with E-state index in [1.54, 1.807) is 17.9 Å². The van der Waals surface area contributed by atoms with Crippen LogP contribution in [0.15, 0.2) is 6.20 Å². The van der Waals surface area contributed by atoms with E-state index in [1.165, 1.54) is 38.5 Å². The molecule has 1 aromatic rings. The number of hydrogen-bond donors (Lipinski definition) is 0. The van der Waals surface area contributed by atoms with Gasteiger partial charge in [0.15, 0.2) is 5.78 Å². The zero-order chi connectivity index (χ0) is 13.9. The summed E-state index contributed by atoms with van der Waals surface area (Å²) in [4.78, 5) is 12.7. The van der Waals surface area contributed by atoms with E-state index in [0.717, 1.165) is 17.8 Å². The Hall–Kier alpha value is -0.830. The number of Topliss-reactive ketones (excluding diaryl/α,β-unsaturated/α-hetero) is 1. The Morgan fingerprint density at radius 3 is 2.30 bits per heavy atom. The zero-order valence-electron chi connectivity index (χ0n) is 11.9. The van der Waals surface area contributed by atoms with Crippen LogP contribution in [0.2, 0.25) is 5.02 Å². The van der Waals surface area contributed by atoms with Gasteiger partial charge < -0.3 is 0 Å². The van der Waals surface area contributed by atoms with E-state index in [-0.39, 0.29) is 11.2 Å². The summed E-state index contributed by atoms with van der Waals surface area (Å²) < 4.78 is 1.63. The smallest absolute Gasteiger partial charge is 0.182 e. The van der Waals surface area contributed by atoms with Crippen LogP contribution in [-0.4, -0.2) is 15.6 Å². The predicted molar refractivity (Wildman–Crippen MR) is 77.8 cm³/mol. The normalized spacial score (nSPS) is 38.4. The number of ketones is 1. The van der Waals surface area contributed by atoms with E-state index in [0.29, 0.717) is 17.1 Å². The topological polar surface area (TPSA) is 34.9 Å². The molecule has 0 aliphatic heterocycles. The Kier molecular flexibility index (Phi) is 2.79. The summed E-state index contributed by atoms with van der Waals surface area (Å²) in [6.45, 7) is 0. The van der Waals surface area contributed by atoms with Gasteiger partial charge >= 0.3 is 0 Å². The lowest BCUT2D eigenvalue weighted by Gasteiger charge is -2.56. The van der Waals surface area contributed by atoms with Crippen molar-refractivity contribution in [1.29, 1.82) is 0 Å². The van der Waals surface area contributed by atoms with E-state index in [4.69, 9.17) is 11.6 Å². The highest BCUT2D eigenvalue weighted by atomic mass is 35.5. The molecule has 1 aromatic heterocycles. The number of halogens is 1. The molecule has 0 N–H and O–H groups in total. The Morgan fingerprint density at radius 2 is 1.85 bits per heavy atom. The van der Waals surface area contributed by atoms with Crippen LogP contribution in [0.3, 0.4) is 0 Å². The molecule has 5 rings (SSSR count). The molecule has 0 unspecified atom stereocenters. The zero-order valence-corrected chi connectivity index (χ0v) is 12.7. The van der Waals surface area contributed by atoms with E-state index in [9.17, 15) is 4.79 Å². The molecule has 0 amide bonds. The van der Waals surface area contributed by atoms with Crippen molar-refractivity contribution in [2.24, 2.45) is 30.2 Å². The summed E-state index contributed by atoms with van der Waals surface area (Å²) in [6.07, 6.45) is 10.3. The van der Waals surface area contributed by atoms with Gasteiger partial charge in [0.1, 0.15) is 5.69 Å². The number of aromatic nitrogens is 2. The van der Waals surface area contributed by atoms with Gasteiger partial charge in [-0.05, 0) is 61.7 Å². The quantitative estimate of drug-likeness (QED) is 0.793. The molecule has 108 valence electrons. The molecule has 4 aliphatic carbocycles. The first-order valence-electron chi connectivity index (χ1n) is 7.75. The molecule has 4 bridgehead atoms. The minimum atomic E-state index is 0.192. The fraction of sp³-hybridized carbons (Fsp3) is 0.750. The number of carbonyl (C=O) groups is 1. The first-order chi connectivity index (χ1) is 9.55. The molecular formula is C16H21ClN2O. The number of hydrogen-bond acceptors (Lipinski definition) is 2. The molecule has 4 aliphatic rings. The summed E-state index contributed by atoms with van der Waals surface area (Å²) in [6, 6.07) is 0. The van der Waals surface area contributed by atoms with Gasteiger partial charge in [-0.1, -0.05) is 11.6 Å². The minimum absolute atomic E-state index is 0.192. The van der Waals surface area contributed by atoms with Crippen molar-refractivity contribution in [2.75, 3.05) is 0 Å². The summed E-state index contributed by atoms with van der Waals surface area (Å²) in [7, 11) is 1.80. The van der Waals surface area contributed by atoms with Crippen molar-refractivity contribution in [2.45, 2.75) is 44.9 Å². The Labute approximate surface area is 124 Å².